The monoisotopic (exact) mass is 146 g/mol. The number of cyclic esters (lactones) is 1. The molecule has 0 bridgehead atoms. The lowest BCUT2D eigenvalue weighted by Crippen LogP contribution is -2.23. The largest absolute Gasteiger partial charge is 0.491 e. The maximum atomic E-state index is 12.5. The van der Waals surface area contributed by atoms with Crippen LogP contribution in [0.25, 0.3) is 0 Å². The summed E-state index contributed by atoms with van der Waals surface area (Å²) >= 11 is 0. The average Bonchev–Trinajstić information content (AvgIpc) is 2.20. The Bertz CT molecular complexity index is 157. The van der Waals surface area contributed by atoms with Crippen LogP contribution in [0.2, 0.25) is 0 Å². The fraction of sp³-hybridized carbons (Fsp3) is 0.500. The zero-order valence-corrected chi connectivity index (χ0v) is 5.25. The molecule has 2 unspecified atom stereocenters. The van der Waals surface area contributed by atoms with E-state index in [2.05, 4.69) is 16.1 Å². The van der Waals surface area contributed by atoms with Gasteiger partial charge in [0, 0.05) is 0 Å². The van der Waals surface area contributed by atoms with Gasteiger partial charge in [-0.05, 0) is 0 Å². The number of rotatable bonds is 2. The van der Waals surface area contributed by atoms with Gasteiger partial charge in [-0.15, -0.1) is 0 Å². The van der Waals surface area contributed by atoms with E-state index < -0.39 is 18.2 Å². The summed E-state index contributed by atoms with van der Waals surface area (Å²) in [4.78, 5) is 10.3. The minimum absolute atomic E-state index is 0.0218. The lowest BCUT2D eigenvalue weighted by Gasteiger charge is -2.05. The van der Waals surface area contributed by atoms with E-state index in [1.54, 1.807) is 0 Å². The first-order valence-electron chi connectivity index (χ1n) is 2.83. The van der Waals surface area contributed by atoms with Crippen molar-refractivity contribution in [3.63, 3.8) is 0 Å². The van der Waals surface area contributed by atoms with Crippen LogP contribution in [0.1, 0.15) is 0 Å². The second-order valence-corrected chi connectivity index (χ2v) is 1.87. The van der Waals surface area contributed by atoms with Crippen molar-refractivity contribution >= 4 is 5.97 Å². The second-order valence-electron chi connectivity index (χ2n) is 1.87. The molecule has 0 amide bonds. The summed E-state index contributed by atoms with van der Waals surface area (Å²) in [5.41, 5.74) is 0. The number of esters is 1. The summed E-state index contributed by atoms with van der Waals surface area (Å²) in [6.07, 6.45) is -1.36. The predicted octanol–water partition coefficient (Wildman–Crippen LogP) is 0.410. The maximum absolute atomic E-state index is 12.5. The van der Waals surface area contributed by atoms with Crippen molar-refractivity contribution in [2.75, 3.05) is 6.61 Å². The number of hydrogen-bond acceptors (Lipinski definition) is 3. The molecule has 1 heterocycles. The molecule has 1 aliphatic rings. The van der Waals surface area contributed by atoms with E-state index in [9.17, 15) is 9.18 Å². The highest BCUT2D eigenvalue weighted by atomic mass is 19.1. The first-order valence-corrected chi connectivity index (χ1v) is 2.83. The summed E-state index contributed by atoms with van der Waals surface area (Å²) in [5.74, 6) is -0.855. The molecule has 0 N–H and O–H groups in total. The highest BCUT2D eigenvalue weighted by molar-refractivity contribution is 5.77. The summed E-state index contributed by atoms with van der Waals surface area (Å²) < 4.78 is 21.5. The molecule has 1 fully saturated rings. The van der Waals surface area contributed by atoms with E-state index in [1.807, 2.05) is 0 Å². The maximum Gasteiger partial charge on any atom is 0.344 e. The number of carbonyl (C=O) groups is 1. The Balaban J connectivity index is 2.48. The fourth-order valence-corrected chi connectivity index (χ4v) is 0.712. The van der Waals surface area contributed by atoms with Crippen LogP contribution in [0.3, 0.4) is 0 Å². The van der Waals surface area contributed by atoms with E-state index >= 15 is 0 Å². The molecule has 4 heteroatoms. The molecule has 0 aliphatic carbocycles. The van der Waals surface area contributed by atoms with Gasteiger partial charge >= 0.3 is 5.97 Å². The highest BCUT2D eigenvalue weighted by Crippen LogP contribution is 2.14. The molecular formula is C6H7FO3. The minimum Gasteiger partial charge on any atom is -0.491 e. The molecule has 0 saturated carbocycles. The molecule has 0 aromatic carbocycles. The van der Waals surface area contributed by atoms with Gasteiger partial charge in [-0.3, -0.25) is 0 Å². The van der Waals surface area contributed by atoms with Gasteiger partial charge in [0.2, 0.25) is 6.17 Å². The van der Waals surface area contributed by atoms with Crippen molar-refractivity contribution in [1.82, 2.24) is 0 Å². The van der Waals surface area contributed by atoms with Crippen LogP contribution in [0.15, 0.2) is 12.8 Å². The van der Waals surface area contributed by atoms with Crippen LogP contribution in [-0.4, -0.2) is 24.9 Å². The van der Waals surface area contributed by atoms with Gasteiger partial charge in [-0.25, -0.2) is 9.18 Å². The lowest BCUT2D eigenvalue weighted by atomic mass is 10.3. The van der Waals surface area contributed by atoms with Crippen molar-refractivity contribution < 1.29 is 18.7 Å². The number of ether oxygens (including phenoxy) is 2. The van der Waals surface area contributed by atoms with Gasteiger partial charge in [0.1, 0.15) is 6.61 Å². The predicted molar refractivity (Wildman–Crippen MR) is 30.9 cm³/mol. The molecule has 1 rings (SSSR count). The molecule has 56 valence electrons. The smallest absolute Gasteiger partial charge is 0.344 e. The summed E-state index contributed by atoms with van der Waals surface area (Å²) in [6.45, 7) is 3.21. The number of hydrogen-bond donors (Lipinski definition) is 0. The molecule has 0 aromatic heterocycles. The third-order valence-electron chi connectivity index (χ3n) is 1.21. The van der Waals surface area contributed by atoms with Crippen LogP contribution < -0.4 is 0 Å². The van der Waals surface area contributed by atoms with Crippen LogP contribution in [0.4, 0.5) is 4.39 Å². The zero-order chi connectivity index (χ0) is 7.56. The lowest BCUT2D eigenvalue weighted by molar-refractivity contribution is -0.142. The highest BCUT2D eigenvalue weighted by Gasteiger charge is 2.38. The number of alkyl halides is 1. The van der Waals surface area contributed by atoms with Crippen molar-refractivity contribution in [3.8, 4) is 0 Å². The quantitative estimate of drug-likeness (QED) is 0.418. The van der Waals surface area contributed by atoms with Crippen molar-refractivity contribution in [1.29, 1.82) is 0 Å². The third-order valence-corrected chi connectivity index (χ3v) is 1.21. The van der Waals surface area contributed by atoms with Crippen molar-refractivity contribution in [3.05, 3.63) is 12.8 Å². The third kappa shape index (κ3) is 1.10. The van der Waals surface area contributed by atoms with Crippen LogP contribution in [0, 0.1) is 0 Å². The Morgan fingerprint density at radius 1 is 1.90 bits per heavy atom. The Kier molecular flexibility index (Phi) is 1.89. The molecule has 1 aliphatic heterocycles. The summed E-state index contributed by atoms with van der Waals surface area (Å²) in [7, 11) is 0. The van der Waals surface area contributed by atoms with Gasteiger partial charge in [0.25, 0.3) is 0 Å². The van der Waals surface area contributed by atoms with E-state index in [0.717, 1.165) is 6.26 Å². The Labute approximate surface area is 57.4 Å². The van der Waals surface area contributed by atoms with Crippen LogP contribution in [-0.2, 0) is 14.3 Å². The van der Waals surface area contributed by atoms with E-state index in [-0.39, 0.29) is 6.61 Å². The van der Waals surface area contributed by atoms with Gasteiger partial charge in [0.05, 0.1) is 6.26 Å². The number of halogens is 1. The first-order chi connectivity index (χ1) is 4.75. The minimum atomic E-state index is -1.65. The summed E-state index contributed by atoms with van der Waals surface area (Å²) in [6, 6.07) is 0. The standard InChI is InChI=1S/C6H7FO3/c1-2-9-4-3-10-6(8)5(4)7/h2,4-5H,1,3H2. The first kappa shape index (κ1) is 7.05. The molecule has 0 radical (unpaired) electrons. The molecule has 2 atom stereocenters. The fourth-order valence-electron chi connectivity index (χ4n) is 0.712. The van der Waals surface area contributed by atoms with E-state index in [1.165, 1.54) is 0 Å². The molecule has 0 aromatic rings. The average molecular weight is 146 g/mol. The molecule has 0 spiro atoms. The molecule has 3 nitrogen and oxygen atoms in total. The van der Waals surface area contributed by atoms with Gasteiger partial charge in [0.15, 0.2) is 6.10 Å². The van der Waals surface area contributed by atoms with Gasteiger partial charge in [-0.2, -0.15) is 0 Å². The Morgan fingerprint density at radius 2 is 2.60 bits per heavy atom. The zero-order valence-electron chi connectivity index (χ0n) is 5.25. The van der Waals surface area contributed by atoms with Crippen LogP contribution in [0.5, 0.6) is 0 Å². The Morgan fingerprint density at radius 3 is 3.00 bits per heavy atom. The SMILES string of the molecule is C=COC1COC(=O)C1F. The number of carbonyl (C=O) groups excluding carboxylic acids is 1. The van der Waals surface area contributed by atoms with Crippen molar-refractivity contribution in [2.45, 2.75) is 12.3 Å². The normalized spacial score (nSPS) is 31.5. The summed E-state index contributed by atoms with van der Waals surface area (Å²) in [5, 5.41) is 0. The topological polar surface area (TPSA) is 35.5 Å². The van der Waals surface area contributed by atoms with Gasteiger partial charge < -0.3 is 9.47 Å². The van der Waals surface area contributed by atoms with E-state index in [0.29, 0.717) is 0 Å². The molecule has 10 heavy (non-hydrogen) atoms. The van der Waals surface area contributed by atoms with Gasteiger partial charge in [-0.1, -0.05) is 6.58 Å². The second kappa shape index (κ2) is 2.68. The van der Waals surface area contributed by atoms with Crippen molar-refractivity contribution in [2.24, 2.45) is 0 Å². The van der Waals surface area contributed by atoms with E-state index in [4.69, 9.17) is 0 Å². The molecular weight excluding hydrogens is 139 g/mol. The molecule has 1 saturated heterocycles. The Hall–Kier alpha value is -1.06. The van der Waals surface area contributed by atoms with Crippen LogP contribution >= 0.6 is 0 Å².